The van der Waals surface area contributed by atoms with Crippen molar-refractivity contribution in [3.05, 3.63) is 237 Å². The second-order valence-corrected chi connectivity index (χ2v) is 16.4. The summed E-state index contributed by atoms with van der Waals surface area (Å²) < 4.78 is 2.62. The molecule has 1 heterocycles. The summed E-state index contributed by atoms with van der Waals surface area (Å²) in [5.41, 5.74) is 15.3. The van der Waals surface area contributed by atoms with Crippen LogP contribution in [0.5, 0.6) is 0 Å². The number of nitrogens with zero attached hydrogens (tertiary/aromatic N) is 1. The molecule has 0 aliphatic heterocycles. The monoisotopic (exact) mass is 781 g/mol. The van der Waals surface area contributed by atoms with Gasteiger partial charge in [0.1, 0.15) is 0 Å². The van der Waals surface area contributed by atoms with Crippen LogP contribution in [0, 0.1) is 0 Å². The molecule has 11 rings (SSSR count). The summed E-state index contributed by atoms with van der Waals surface area (Å²) in [7, 11) is 0. The molecule has 1 nitrogen and oxygen atoms in total. The molecule has 0 saturated carbocycles. The number of thiophene rings is 1. The van der Waals surface area contributed by atoms with E-state index in [0.29, 0.717) is 0 Å². The van der Waals surface area contributed by atoms with Crippen molar-refractivity contribution in [1.29, 1.82) is 0 Å². The maximum absolute atomic E-state index is 2.41. The molecule has 0 spiro atoms. The molecule has 10 aromatic carbocycles. The lowest BCUT2D eigenvalue weighted by Crippen LogP contribution is -2.11. The Balaban J connectivity index is 1.05. The SMILES string of the molecule is c1ccc(-c2cc(-c3ccccc3)cc(-c3ccc(N(c4ccc(-c5cccc6ccccc56)cc4)c4ccccc4-c4ccc5sc6ccccc6c5c4)cc3)c2)cc1. The number of anilines is 3. The molecule has 0 amide bonds. The fraction of sp³-hybridized carbons (Fsp3) is 0. The van der Waals surface area contributed by atoms with Gasteiger partial charge in [0.05, 0.1) is 5.69 Å². The van der Waals surface area contributed by atoms with Gasteiger partial charge >= 0.3 is 0 Å². The number of hydrogen-bond donors (Lipinski definition) is 0. The van der Waals surface area contributed by atoms with E-state index in [2.05, 4.69) is 241 Å². The van der Waals surface area contributed by atoms with Crippen LogP contribution in [0.1, 0.15) is 0 Å². The number of rotatable bonds is 8. The fourth-order valence-corrected chi connectivity index (χ4v) is 9.78. The Morgan fingerprint density at radius 3 is 1.43 bits per heavy atom. The lowest BCUT2D eigenvalue weighted by Gasteiger charge is -2.28. The molecule has 282 valence electrons. The Labute approximate surface area is 354 Å². The van der Waals surface area contributed by atoms with Crippen LogP contribution in [0.25, 0.3) is 86.6 Å². The fourth-order valence-electron chi connectivity index (χ4n) is 8.69. The van der Waals surface area contributed by atoms with Crippen LogP contribution < -0.4 is 4.90 Å². The van der Waals surface area contributed by atoms with Crippen molar-refractivity contribution in [3.8, 4) is 55.6 Å². The van der Waals surface area contributed by atoms with Gasteiger partial charge in [-0.2, -0.15) is 0 Å². The number of benzene rings is 10. The molecule has 60 heavy (non-hydrogen) atoms. The molecule has 0 bridgehead atoms. The van der Waals surface area contributed by atoms with Crippen LogP contribution in [0.2, 0.25) is 0 Å². The van der Waals surface area contributed by atoms with Gasteiger partial charge in [-0.25, -0.2) is 0 Å². The predicted octanol–water partition coefficient (Wildman–Crippen LogP) is 17.0. The quantitative estimate of drug-likeness (QED) is 0.148. The molecule has 0 aliphatic rings. The molecule has 0 saturated heterocycles. The van der Waals surface area contributed by atoms with Crippen LogP contribution in [0.3, 0.4) is 0 Å². The lowest BCUT2D eigenvalue weighted by atomic mass is 9.93. The molecular weight excluding hydrogens is 743 g/mol. The van der Waals surface area contributed by atoms with Crippen molar-refractivity contribution in [2.75, 3.05) is 4.90 Å². The third-order valence-corrected chi connectivity index (χ3v) is 12.8. The average molecular weight is 782 g/mol. The first-order valence-electron chi connectivity index (χ1n) is 20.5. The normalized spacial score (nSPS) is 11.3. The van der Waals surface area contributed by atoms with Gasteiger partial charge < -0.3 is 4.90 Å². The molecule has 0 atom stereocenters. The van der Waals surface area contributed by atoms with E-state index in [1.54, 1.807) is 0 Å². The van der Waals surface area contributed by atoms with Crippen LogP contribution in [0.15, 0.2) is 237 Å². The van der Waals surface area contributed by atoms with Gasteiger partial charge in [0.15, 0.2) is 0 Å². The standard InChI is InChI=1S/C58H39NS/c1-3-14-40(15-4-1)46-36-47(41-16-5-2-6-17-41)38-48(37-46)42-26-31-49(32-27-42)59(50-33-28-44(29-34-50)52-23-13-19-43-18-7-8-20-51(43)52)56-24-11-9-21-53(56)45-30-35-58-55(39-45)54-22-10-12-25-57(54)60-58/h1-39H. The highest BCUT2D eigenvalue weighted by atomic mass is 32.1. The van der Waals surface area contributed by atoms with E-state index in [1.807, 2.05) is 11.3 Å². The first-order chi connectivity index (χ1) is 29.7. The first kappa shape index (κ1) is 35.6. The molecule has 11 aromatic rings. The average Bonchev–Trinajstić information content (AvgIpc) is 3.71. The smallest absolute Gasteiger partial charge is 0.0540 e. The predicted molar refractivity (Wildman–Crippen MR) is 259 cm³/mol. The van der Waals surface area contributed by atoms with Crippen LogP contribution in [-0.2, 0) is 0 Å². The zero-order chi connectivity index (χ0) is 39.8. The van der Waals surface area contributed by atoms with Crippen molar-refractivity contribution in [2.45, 2.75) is 0 Å². The van der Waals surface area contributed by atoms with Gasteiger partial charge in [0.2, 0.25) is 0 Å². The molecule has 0 aliphatic carbocycles. The van der Waals surface area contributed by atoms with Crippen LogP contribution >= 0.6 is 11.3 Å². The Morgan fingerprint density at radius 2 is 0.750 bits per heavy atom. The third-order valence-electron chi connectivity index (χ3n) is 11.7. The highest BCUT2D eigenvalue weighted by molar-refractivity contribution is 7.25. The Kier molecular flexibility index (Phi) is 9.11. The van der Waals surface area contributed by atoms with Gasteiger partial charge in [0.25, 0.3) is 0 Å². The van der Waals surface area contributed by atoms with E-state index in [1.165, 1.54) is 86.6 Å². The van der Waals surface area contributed by atoms with E-state index in [0.717, 1.165) is 17.1 Å². The Morgan fingerprint density at radius 1 is 0.267 bits per heavy atom. The van der Waals surface area contributed by atoms with Crippen LogP contribution in [-0.4, -0.2) is 0 Å². The first-order valence-corrected chi connectivity index (χ1v) is 21.3. The second-order valence-electron chi connectivity index (χ2n) is 15.3. The van der Waals surface area contributed by atoms with Crippen molar-refractivity contribution in [1.82, 2.24) is 0 Å². The van der Waals surface area contributed by atoms with Crippen LogP contribution in [0.4, 0.5) is 17.1 Å². The molecule has 0 N–H and O–H groups in total. The van der Waals surface area contributed by atoms with Crippen molar-refractivity contribution in [3.63, 3.8) is 0 Å². The highest BCUT2D eigenvalue weighted by Crippen LogP contribution is 2.44. The van der Waals surface area contributed by atoms with E-state index in [4.69, 9.17) is 0 Å². The van der Waals surface area contributed by atoms with Gasteiger partial charge in [-0.3, -0.25) is 0 Å². The van der Waals surface area contributed by atoms with Gasteiger partial charge in [-0.15, -0.1) is 11.3 Å². The number of hydrogen-bond acceptors (Lipinski definition) is 2. The highest BCUT2D eigenvalue weighted by Gasteiger charge is 2.19. The topological polar surface area (TPSA) is 3.24 Å². The number of para-hydroxylation sites is 1. The maximum Gasteiger partial charge on any atom is 0.0540 e. The Bertz CT molecular complexity index is 3230. The molecule has 0 unspecified atom stereocenters. The largest absolute Gasteiger partial charge is 0.310 e. The summed E-state index contributed by atoms with van der Waals surface area (Å²) in [6.45, 7) is 0. The molecule has 2 heteroatoms. The van der Waals surface area contributed by atoms with Crippen molar-refractivity contribution < 1.29 is 0 Å². The van der Waals surface area contributed by atoms with Gasteiger partial charge in [-0.1, -0.05) is 170 Å². The van der Waals surface area contributed by atoms with Crippen molar-refractivity contribution in [2.24, 2.45) is 0 Å². The lowest BCUT2D eigenvalue weighted by molar-refractivity contribution is 1.28. The minimum Gasteiger partial charge on any atom is -0.310 e. The van der Waals surface area contributed by atoms with Crippen molar-refractivity contribution >= 4 is 59.3 Å². The maximum atomic E-state index is 2.41. The number of fused-ring (bicyclic) bond motifs is 4. The minimum atomic E-state index is 1.09. The second kappa shape index (κ2) is 15.3. The van der Waals surface area contributed by atoms with E-state index < -0.39 is 0 Å². The summed E-state index contributed by atoms with van der Waals surface area (Å²) in [5, 5.41) is 5.11. The minimum absolute atomic E-state index is 1.09. The molecular formula is C58H39NS. The van der Waals surface area contributed by atoms with E-state index in [-0.39, 0.29) is 0 Å². The summed E-state index contributed by atoms with van der Waals surface area (Å²) in [5.74, 6) is 0. The zero-order valence-electron chi connectivity index (χ0n) is 32.9. The van der Waals surface area contributed by atoms with E-state index >= 15 is 0 Å². The zero-order valence-corrected chi connectivity index (χ0v) is 33.7. The molecule has 0 radical (unpaired) electrons. The Hall–Kier alpha value is -7.52. The summed E-state index contributed by atoms with van der Waals surface area (Å²) in [6.07, 6.45) is 0. The summed E-state index contributed by atoms with van der Waals surface area (Å²) >= 11 is 1.86. The van der Waals surface area contributed by atoms with E-state index in [9.17, 15) is 0 Å². The van der Waals surface area contributed by atoms with Gasteiger partial charge in [0, 0.05) is 37.1 Å². The third kappa shape index (κ3) is 6.63. The molecule has 0 fully saturated rings. The summed E-state index contributed by atoms with van der Waals surface area (Å²) in [4.78, 5) is 2.41. The van der Waals surface area contributed by atoms with Gasteiger partial charge in [-0.05, 0) is 128 Å². The summed E-state index contributed by atoms with van der Waals surface area (Å²) in [6, 6.07) is 86.2. The molecule has 1 aromatic heterocycles.